The second-order valence-electron chi connectivity index (χ2n) is 4.80. The Kier molecular flexibility index (Phi) is 4.93. The highest BCUT2D eigenvalue weighted by Gasteiger charge is 2.23. The molecular weight excluding hydrogens is 271 g/mol. The number of hydrogen-bond acceptors (Lipinski definition) is 2. The lowest BCUT2D eigenvalue weighted by Gasteiger charge is -2.16. The summed E-state index contributed by atoms with van der Waals surface area (Å²) in [6.45, 7) is 0. The Hall–Kier alpha value is -2.36. The first kappa shape index (κ1) is 15.0. The van der Waals surface area contributed by atoms with E-state index in [9.17, 15) is 14.3 Å². The first-order valence-corrected chi connectivity index (χ1v) is 6.72. The molecule has 0 amide bonds. The van der Waals surface area contributed by atoms with Gasteiger partial charge >= 0.3 is 5.97 Å². The molecule has 0 spiro atoms. The lowest BCUT2D eigenvalue weighted by atomic mass is 9.91. The van der Waals surface area contributed by atoms with E-state index in [-0.39, 0.29) is 0 Å². The maximum absolute atomic E-state index is 13.4. The summed E-state index contributed by atoms with van der Waals surface area (Å²) in [4.78, 5) is 11.5. The van der Waals surface area contributed by atoms with Gasteiger partial charge in [0.25, 0.3) is 0 Å². The Morgan fingerprint density at radius 3 is 2.57 bits per heavy atom. The predicted octanol–water partition coefficient (Wildman–Crippen LogP) is 3.64. The van der Waals surface area contributed by atoms with Crippen molar-refractivity contribution in [2.45, 2.75) is 18.8 Å². The van der Waals surface area contributed by atoms with Crippen molar-refractivity contribution in [3.05, 3.63) is 65.5 Å². The summed E-state index contributed by atoms with van der Waals surface area (Å²) >= 11 is 0. The van der Waals surface area contributed by atoms with Crippen molar-refractivity contribution in [1.29, 1.82) is 0 Å². The normalized spacial score (nSPS) is 11.9. The lowest BCUT2D eigenvalue weighted by molar-refractivity contribution is -0.139. The van der Waals surface area contributed by atoms with Crippen LogP contribution in [0.25, 0.3) is 0 Å². The fourth-order valence-electron chi connectivity index (χ4n) is 2.35. The summed E-state index contributed by atoms with van der Waals surface area (Å²) in [7, 11) is 1.45. The molecule has 2 rings (SSSR count). The summed E-state index contributed by atoms with van der Waals surface area (Å²) in [6, 6.07) is 13.6. The first-order chi connectivity index (χ1) is 10.1. The smallest absolute Gasteiger partial charge is 0.311 e. The van der Waals surface area contributed by atoms with E-state index in [4.69, 9.17) is 4.74 Å². The minimum absolute atomic E-state index is 0.376. The summed E-state index contributed by atoms with van der Waals surface area (Å²) in [5.74, 6) is -1.83. The van der Waals surface area contributed by atoms with Crippen molar-refractivity contribution in [3.63, 3.8) is 0 Å². The van der Waals surface area contributed by atoms with Crippen molar-refractivity contribution >= 4 is 5.97 Å². The summed E-state index contributed by atoms with van der Waals surface area (Å²) in [6.07, 6.45) is 0.997. The molecule has 0 radical (unpaired) electrons. The SMILES string of the molecule is COc1ccc(F)cc1C(CCc1ccccc1)C(=O)O. The van der Waals surface area contributed by atoms with Gasteiger partial charge in [-0.2, -0.15) is 0 Å². The molecule has 0 bridgehead atoms. The average molecular weight is 288 g/mol. The highest BCUT2D eigenvalue weighted by Crippen LogP contribution is 2.31. The third kappa shape index (κ3) is 3.81. The van der Waals surface area contributed by atoms with Crippen molar-refractivity contribution in [3.8, 4) is 5.75 Å². The Labute approximate surface area is 123 Å². The number of halogens is 1. The largest absolute Gasteiger partial charge is 0.496 e. The number of carbonyl (C=O) groups is 1. The molecule has 21 heavy (non-hydrogen) atoms. The number of aliphatic carboxylic acids is 1. The van der Waals surface area contributed by atoms with E-state index >= 15 is 0 Å². The van der Waals surface area contributed by atoms with Crippen LogP contribution in [0.1, 0.15) is 23.5 Å². The van der Waals surface area contributed by atoms with Gasteiger partial charge in [-0.15, -0.1) is 0 Å². The molecule has 0 saturated carbocycles. The van der Waals surface area contributed by atoms with Gasteiger partial charge in [0.15, 0.2) is 0 Å². The monoisotopic (exact) mass is 288 g/mol. The Balaban J connectivity index is 2.23. The molecule has 1 N–H and O–H groups in total. The minimum Gasteiger partial charge on any atom is -0.496 e. The van der Waals surface area contributed by atoms with Crippen molar-refractivity contribution in [2.24, 2.45) is 0 Å². The van der Waals surface area contributed by atoms with E-state index in [0.29, 0.717) is 24.2 Å². The van der Waals surface area contributed by atoms with Crippen molar-refractivity contribution in [1.82, 2.24) is 0 Å². The van der Waals surface area contributed by atoms with Crippen LogP contribution >= 0.6 is 0 Å². The van der Waals surface area contributed by atoms with Crippen LogP contribution in [-0.2, 0) is 11.2 Å². The number of ether oxygens (including phenoxy) is 1. The topological polar surface area (TPSA) is 46.5 Å². The Morgan fingerprint density at radius 1 is 1.24 bits per heavy atom. The lowest BCUT2D eigenvalue weighted by Crippen LogP contribution is -2.14. The molecule has 3 nitrogen and oxygen atoms in total. The van der Waals surface area contributed by atoms with Crippen LogP contribution < -0.4 is 4.74 Å². The van der Waals surface area contributed by atoms with Gasteiger partial charge in [-0.1, -0.05) is 30.3 Å². The Bertz CT molecular complexity index is 611. The summed E-state index contributed by atoms with van der Waals surface area (Å²) in [5, 5.41) is 9.44. The number of benzene rings is 2. The standard InChI is InChI=1S/C17H17FO3/c1-21-16-10-8-13(18)11-15(16)14(17(19)20)9-7-12-5-3-2-4-6-12/h2-6,8,10-11,14H,7,9H2,1H3,(H,19,20). The minimum atomic E-state index is -0.977. The van der Waals surface area contributed by atoms with Gasteiger partial charge in [-0.3, -0.25) is 4.79 Å². The van der Waals surface area contributed by atoms with E-state index < -0.39 is 17.7 Å². The van der Waals surface area contributed by atoms with Crippen LogP contribution in [0.15, 0.2) is 48.5 Å². The van der Waals surface area contributed by atoms with Gasteiger partial charge < -0.3 is 9.84 Å². The van der Waals surface area contributed by atoms with Crippen LogP contribution in [0.5, 0.6) is 5.75 Å². The number of carboxylic acid groups (broad SMARTS) is 1. The molecule has 0 aliphatic heterocycles. The molecule has 0 aromatic heterocycles. The van der Waals surface area contributed by atoms with Gasteiger partial charge in [-0.25, -0.2) is 4.39 Å². The average Bonchev–Trinajstić information content (AvgIpc) is 2.48. The third-order valence-electron chi connectivity index (χ3n) is 3.43. The highest BCUT2D eigenvalue weighted by atomic mass is 19.1. The zero-order valence-corrected chi connectivity index (χ0v) is 11.8. The highest BCUT2D eigenvalue weighted by molar-refractivity contribution is 5.77. The van der Waals surface area contributed by atoms with Gasteiger partial charge in [0.1, 0.15) is 11.6 Å². The van der Waals surface area contributed by atoms with Crippen LogP contribution in [0.2, 0.25) is 0 Å². The van der Waals surface area contributed by atoms with Crippen LogP contribution in [0.4, 0.5) is 4.39 Å². The fraction of sp³-hybridized carbons (Fsp3) is 0.235. The number of carboxylic acids is 1. The number of rotatable bonds is 6. The third-order valence-corrected chi connectivity index (χ3v) is 3.43. The predicted molar refractivity (Wildman–Crippen MR) is 78.1 cm³/mol. The molecule has 1 unspecified atom stereocenters. The van der Waals surface area contributed by atoms with E-state index in [1.165, 1.54) is 25.3 Å². The molecule has 2 aromatic rings. The molecular formula is C17H17FO3. The van der Waals surface area contributed by atoms with Crippen LogP contribution in [-0.4, -0.2) is 18.2 Å². The zero-order chi connectivity index (χ0) is 15.2. The molecule has 1 atom stereocenters. The molecule has 0 heterocycles. The van der Waals surface area contributed by atoms with Crippen LogP contribution in [0.3, 0.4) is 0 Å². The second kappa shape index (κ2) is 6.88. The number of methoxy groups -OCH3 is 1. The maximum Gasteiger partial charge on any atom is 0.311 e. The van der Waals surface area contributed by atoms with E-state index in [2.05, 4.69) is 0 Å². The first-order valence-electron chi connectivity index (χ1n) is 6.72. The summed E-state index contributed by atoms with van der Waals surface area (Å²) < 4.78 is 18.6. The molecule has 2 aromatic carbocycles. The van der Waals surface area contributed by atoms with Crippen molar-refractivity contribution in [2.75, 3.05) is 7.11 Å². The summed E-state index contributed by atoms with van der Waals surface area (Å²) in [5.41, 5.74) is 1.43. The van der Waals surface area contributed by atoms with Crippen molar-refractivity contribution < 1.29 is 19.0 Å². The van der Waals surface area contributed by atoms with Gasteiger partial charge in [-0.05, 0) is 36.6 Å². The fourth-order valence-corrected chi connectivity index (χ4v) is 2.35. The van der Waals surface area contributed by atoms with Gasteiger partial charge in [0.2, 0.25) is 0 Å². The maximum atomic E-state index is 13.4. The number of aryl methyl sites for hydroxylation is 1. The Morgan fingerprint density at radius 2 is 1.95 bits per heavy atom. The molecule has 0 fully saturated rings. The molecule has 0 aliphatic carbocycles. The molecule has 0 saturated heterocycles. The zero-order valence-electron chi connectivity index (χ0n) is 11.8. The van der Waals surface area contributed by atoms with Crippen LogP contribution in [0, 0.1) is 5.82 Å². The van der Waals surface area contributed by atoms with Gasteiger partial charge in [0.05, 0.1) is 13.0 Å². The molecule has 110 valence electrons. The van der Waals surface area contributed by atoms with E-state index in [0.717, 1.165) is 5.56 Å². The molecule has 0 aliphatic rings. The van der Waals surface area contributed by atoms with E-state index in [1.807, 2.05) is 30.3 Å². The molecule has 4 heteroatoms. The number of hydrogen-bond donors (Lipinski definition) is 1. The quantitative estimate of drug-likeness (QED) is 0.882. The van der Waals surface area contributed by atoms with E-state index in [1.54, 1.807) is 0 Å². The second-order valence-corrected chi connectivity index (χ2v) is 4.80. The van der Waals surface area contributed by atoms with Gasteiger partial charge in [0, 0.05) is 5.56 Å².